The first-order valence-corrected chi connectivity index (χ1v) is 11.6. The van der Waals surface area contributed by atoms with Gasteiger partial charge >= 0.3 is 0 Å². The lowest BCUT2D eigenvalue weighted by Gasteiger charge is -2.21. The van der Waals surface area contributed by atoms with E-state index in [0.717, 1.165) is 38.0 Å². The molecule has 1 aromatic rings. The molecule has 0 amide bonds. The van der Waals surface area contributed by atoms with Gasteiger partial charge in [0.25, 0.3) is 0 Å². The Hall–Kier alpha value is -1.64. The maximum atomic E-state index is 12.3. The van der Waals surface area contributed by atoms with Crippen LogP contribution >= 0.6 is 0 Å². The van der Waals surface area contributed by atoms with Crippen LogP contribution in [-0.2, 0) is 10.0 Å². The second kappa shape index (κ2) is 12.7. The Morgan fingerprint density at radius 3 is 2.36 bits per heavy atom. The normalized spacial score (nSPS) is 13.6. The van der Waals surface area contributed by atoms with Crippen LogP contribution in [0.5, 0.6) is 0 Å². The molecule has 0 fully saturated rings. The first kappa shape index (κ1) is 24.4. The van der Waals surface area contributed by atoms with Crippen molar-refractivity contribution in [2.75, 3.05) is 39.8 Å². The summed E-state index contributed by atoms with van der Waals surface area (Å²) in [6, 6.07) is 7.11. The summed E-state index contributed by atoms with van der Waals surface area (Å²) in [5.41, 5.74) is 1.03. The van der Waals surface area contributed by atoms with Crippen molar-refractivity contribution >= 4 is 16.0 Å². The molecule has 0 saturated heterocycles. The quantitative estimate of drug-likeness (QED) is 0.278. The van der Waals surface area contributed by atoms with E-state index < -0.39 is 10.0 Å². The van der Waals surface area contributed by atoms with E-state index in [0.29, 0.717) is 18.5 Å². The van der Waals surface area contributed by atoms with Gasteiger partial charge in [-0.25, -0.2) is 13.1 Å². The van der Waals surface area contributed by atoms with Crippen molar-refractivity contribution in [1.29, 1.82) is 0 Å². The number of sulfonamides is 1. The molecule has 3 N–H and O–H groups in total. The van der Waals surface area contributed by atoms with Crippen molar-refractivity contribution in [3.8, 4) is 0 Å². The van der Waals surface area contributed by atoms with E-state index in [1.54, 1.807) is 31.3 Å². The summed E-state index contributed by atoms with van der Waals surface area (Å²) >= 11 is 0. The Morgan fingerprint density at radius 2 is 1.79 bits per heavy atom. The van der Waals surface area contributed by atoms with Gasteiger partial charge in [0.1, 0.15) is 0 Å². The van der Waals surface area contributed by atoms with Crippen LogP contribution in [0.2, 0.25) is 0 Å². The van der Waals surface area contributed by atoms with E-state index in [4.69, 9.17) is 0 Å². The molecule has 0 heterocycles. The van der Waals surface area contributed by atoms with Gasteiger partial charge < -0.3 is 15.5 Å². The minimum atomic E-state index is -3.49. The van der Waals surface area contributed by atoms with Crippen molar-refractivity contribution in [2.24, 2.45) is 4.99 Å². The number of nitrogens with one attached hydrogen (secondary N) is 3. The fourth-order valence-corrected chi connectivity index (χ4v) is 3.86. The Morgan fingerprint density at radius 1 is 1.14 bits per heavy atom. The standard InChI is InChI=1S/C20H37N5O2S/c1-6-25(7-2)16-8-9-18(4)24-20(21-5)22-14-15-23-28(26,27)19-12-10-17(3)11-13-19/h10-13,18,23H,6-9,14-16H2,1-5H3,(H2,21,22,24). The largest absolute Gasteiger partial charge is 0.355 e. The topological polar surface area (TPSA) is 85.8 Å². The highest BCUT2D eigenvalue weighted by Gasteiger charge is 2.13. The summed E-state index contributed by atoms with van der Waals surface area (Å²) in [4.78, 5) is 6.91. The summed E-state index contributed by atoms with van der Waals surface area (Å²) in [7, 11) is -1.77. The summed E-state index contributed by atoms with van der Waals surface area (Å²) < 4.78 is 27.1. The van der Waals surface area contributed by atoms with Crippen molar-refractivity contribution < 1.29 is 8.42 Å². The third-order valence-corrected chi connectivity index (χ3v) is 6.13. The number of aliphatic imine (C=N–C) groups is 1. The predicted octanol–water partition coefficient (Wildman–Crippen LogP) is 1.95. The lowest BCUT2D eigenvalue weighted by molar-refractivity contribution is 0.292. The second-order valence-corrected chi connectivity index (χ2v) is 8.69. The number of hydrogen-bond acceptors (Lipinski definition) is 4. The van der Waals surface area contributed by atoms with E-state index in [1.807, 2.05) is 6.92 Å². The Balaban J connectivity index is 2.33. The number of hydrogen-bond donors (Lipinski definition) is 3. The molecule has 160 valence electrons. The molecule has 1 rings (SSSR count). The molecule has 1 atom stereocenters. The first-order valence-electron chi connectivity index (χ1n) is 10.1. The van der Waals surface area contributed by atoms with E-state index in [2.05, 4.69) is 46.0 Å². The smallest absolute Gasteiger partial charge is 0.240 e. The zero-order valence-corrected chi connectivity index (χ0v) is 18.8. The third-order valence-electron chi connectivity index (χ3n) is 4.65. The maximum Gasteiger partial charge on any atom is 0.240 e. The van der Waals surface area contributed by atoms with Gasteiger partial charge in [-0.15, -0.1) is 0 Å². The van der Waals surface area contributed by atoms with Crippen LogP contribution in [0.3, 0.4) is 0 Å². The maximum absolute atomic E-state index is 12.3. The molecule has 0 saturated carbocycles. The van der Waals surface area contributed by atoms with Gasteiger partial charge in [-0.2, -0.15) is 0 Å². The number of aryl methyl sites for hydroxylation is 1. The number of rotatable bonds is 12. The van der Waals surface area contributed by atoms with E-state index in [-0.39, 0.29) is 11.4 Å². The molecule has 1 aromatic carbocycles. The summed E-state index contributed by atoms with van der Waals surface area (Å²) in [5.74, 6) is 0.685. The summed E-state index contributed by atoms with van der Waals surface area (Å²) in [6.45, 7) is 12.4. The zero-order valence-electron chi connectivity index (χ0n) is 18.0. The van der Waals surface area contributed by atoms with Gasteiger partial charge in [-0.05, 0) is 58.5 Å². The summed E-state index contributed by atoms with van der Waals surface area (Å²) in [6.07, 6.45) is 2.18. The third kappa shape index (κ3) is 9.03. The minimum absolute atomic E-state index is 0.280. The SMILES string of the molecule is CCN(CC)CCCC(C)NC(=NC)NCCNS(=O)(=O)c1ccc(C)cc1. The summed E-state index contributed by atoms with van der Waals surface area (Å²) in [5, 5.41) is 6.51. The van der Waals surface area contributed by atoms with E-state index in [9.17, 15) is 8.42 Å². The molecular weight excluding hydrogens is 374 g/mol. The monoisotopic (exact) mass is 411 g/mol. The van der Waals surface area contributed by atoms with Crippen LogP contribution in [0, 0.1) is 6.92 Å². The van der Waals surface area contributed by atoms with Crippen molar-refractivity contribution in [3.05, 3.63) is 29.8 Å². The highest BCUT2D eigenvalue weighted by molar-refractivity contribution is 7.89. The average Bonchev–Trinajstić information content (AvgIpc) is 2.68. The molecule has 1 unspecified atom stereocenters. The average molecular weight is 412 g/mol. The Kier molecular flexibility index (Phi) is 11.1. The number of nitrogens with zero attached hydrogens (tertiary/aromatic N) is 2. The van der Waals surface area contributed by atoms with Crippen LogP contribution in [0.25, 0.3) is 0 Å². The van der Waals surface area contributed by atoms with Crippen LogP contribution in [-0.4, -0.2) is 65.1 Å². The van der Waals surface area contributed by atoms with Crippen molar-refractivity contribution in [1.82, 2.24) is 20.3 Å². The highest BCUT2D eigenvalue weighted by Crippen LogP contribution is 2.09. The van der Waals surface area contributed by atoms with Gasteiger partial charge in [0.15, 0.2) is 5.96 Å². The molecule has 0 aliphatic carbocycles. The second-order valence-electron chi connectivity index (χ2n) is 6.92. The highest BCUT2D eigenvalue weighted by atomic mass is 32.2. The molecule has 7 nitrogen and oxygen atoms in total. The molecule has 0 aromatic heterocycles. The van der Waals surface area contributed by atoms with E-state index >= 15 is 0 Å². The molecule has 0 spiro atoms. The molecule has 8 heteroatoms. The number of guanidine groups is 1. The Bertz CT molecular complexity index is 685. The van der Waals surface area contributed by atoms with Gasteiger partial charge in [-0.3, -0.25) is 4.99 Å². The fraction of sp³-hybridized carbons (Fsp3) is 0.650. The lowest BCUT2D eigenvalue weighted by atomic mass is 10.2. The van der Waals surface area contributed by atoms with Crippen molar-refractivity contribution in [3.63, 3.8) is 0 Å². The zero-order chi connectivity index (χ0) is 21.0. The molecular formula is C20H37N5O2S. The fourth-order valence-electron chi connectivity index (χ4n) is 2.83. The van der Waals surface area contributed by atoms with Gasteiger partial charge in [0.05, 0.1) is 4.90 Å². The van der Waals surface area contributed by atoms with Crippen LogP contribution < -0.4 is 15.4 Å². The number of benzene rings is 1. The van der Waals surface area contributed by atoms with E-state index in [1.165, 1.54) is 0 Å². The molecule has 0 aliphatic rings. The van der Waals surface area contributed by atoms with Crippen LogP contribution in [0.1, 0.15) is 39.2 Å². The van der Waals surface area contributed by atoms with Crippen LogP contribution in [0.15, 0.2) is 34.2 Å². The van der Waals surface area contributed by atoms with Gasteiger partial charge in [0, 0.05) is 26.2 Å². The molecule has 28 heavy (non-hydrogen) atoms. The lowest BCUT2D eigenvalue weighted by Crippen LogP contribution is -2.45. The predicted molar refractivity (Wildman–Crippen MR) is 117 cm³/mol. The van der Waals surface area contributed by atoms with Crippen molar-refractivity contribution in [2.45, 2.75) is 51.5 Å². The minimum Gasteiger partial charge on any atom is -0.355 e. The first-order chi connectivity index (χ1) is 13.3. The van der Waals surface area contributed by atoms with Gasteiger partial charge in [0.2, 0.25) is 10.0 Å². The molecule has 0 aliphatic heterocycles. The molecule has 0 bridgehead atoms. The Labute approximate surface area is 171 Å². The molecule has 0 radical (unpaired) electrons. The van der Waals surface area contributed by atoms with Crippen LogP contribution in [0.4, 0.5) is 0 Å². The van der Waals surface area contributed by atoms with Gasteiger partial charge in [-0.1, -0.05) is 31.5 Å².